The molecule has 0 aliphatic heterocycles. The van der Waals surface area contributed by atoms with Gasteiger partial charge in [0.2, 0.25) is 0 Å². The van der Waals surface area contributed by atoms with Crippen molar-refractivity contribution < 1.29 is 9.53 Å². The highest BCUT2D eigenvalue weighted by atomic mass is 16.5. The first-order valence-corrected chi connectivity index (χ1v) is 5.82. The molecule has 1 heterocycles. The quantitative estimate of drug-likeness (QED) is 0.771. The van der Waals surface area contributed by atoms with E-state index in [1.165, 1.54) is 7.11 Å². The predicted octanol–water partition coefficient (Wildman–Crippen LogP) is 1.24. The van der Waals surface area contributed by atoms with Crippen molar-refractivity contribution in [3.05, 3.63) is 41.1 Å². The number of rotatable bonds is 4. The van der Waals surface area contributed by atoms with Crippen LogP contribution in [-0.4, -0.2) is 23.2 Å². The summed E-state index contributed by atoms with van der Waals surface area (Å²) in [6, 6.07) is 5.45. The van der Waals surface area contributed by atoms with E-state index in [9.17, 15) is 4.79 Å². The second-order valence-corrected chi connectivity index (χ2v) is 4.20. The monoisotopic (exact) mass is 260 g/mol. The number of aryl methyl sites for hydroxylation is 1. The van der Waals surface area contributed by atoms with Gasteiger partial charge < -0.3 is 15.8 Å². The number of methoxy groups -OCH3 is 1. The first-order chi connectivity index (χ1) is 9.11. The van der Waals surface area contributed by atoms with Gasteiger partial charge in [-0.15, -0.1) is 0 Å². The number of aromatic amines is 1. The SMILES string of the molecule is COc1ccc(C)cc1C(=O)NCc1cn[nH]c1N. The van der Waals surface area contributed by atoms with Gasteiger partial charge in [-0.1, -0.05) is 11.6 Å². The molecule has 0 spiro atoms. The number of nitrogens with zero attached hydrogens (tertiary/aromatic N) is 1. The molecule has 0 unspecified atom stereocenters. The lowest BCUT2D eigenvalue weighted by Gasteiger charge is -2.09. The average molecular weight is 260 g/mol. The van der Waals surface area contributed by atoms with Crippen LogP contribution in [0.2, 0.25) is 0 Å². The zero-order valence-electron chi connectivity index (χ0n) is 10.9. The average Bonchev–Trinajstić information content (AvgIpc) is 2.81. The maximum atomic E-state index is 12.1. The van der Waals surface area contributed by atoms with Crippen molar-refractivity contribution in [2.75, 3.05) is 12.8 Å². The summed E-state index contributed by atoms with van der Waals surface area (Å²) in [5, 5.41) is 9.20. The smallest absolute Gasteiger partial charge is 0.255 e. The van der Waals surface area contributed by atoms with E-state index < -0.39 is 0 Å². The summed E-state index contributed by atoms with van der Waals surface area (Å²) in [5.41, 5.74) is 7.90. The number of benzene rings is 1. The third-order valence-corrected chi connectivity index (χ3v) is 2.79. The van der Waals surface area contributed by atoms with E-state index in [2.05, 4.69) is 15.5 Å². The number of aromatic nitrogens is 2. The van der Waals surface area contributed by atoms with Gasteiger partial charge in [0.1, 0.15) is 11.6 Å². The fraction of sp³-hybridized carbons (Fsp3) is 0.231. The summed E-state index contributed by atoms with van der Waals surface area (Å²) in [6.07, 6.45) is 1.59. The third-order valence-electron chi connectivity index (χ3n) is 2.79. The zero-order valence-corrected chi connectivity index (χ0v) is 10.9. The van der Waals surface area contributed by atoms with Gasteiger partial charge in [-0.05, 0) is 19.1 Å². The lowest BCUT2D eigenvalue weighted by atomic mass is 10.1. The molecule has 4 N–H and O–H groups in total. The number of ether oxygens (including phenoxy) is 1. The Morgan fingerprint density at radius 1 is 1.53 bits per heavy atom. The van der Waals surface area contributed by atoms with Crippen molar-refractivity contribution in [1.82, 2.24) is 15.5 Å². The van der Waals surface area contributed by atoms with Crippen LogP contribution in [0.1, 0.15) is 21.5 Å². The fourth-order valence-corrected chi connectivity index (χ4v) is 1.73. The summed E-state index contributed by atoms with van der Waals surface area (Å²) < 4.78 is 5.18. The number of anilines is 1. The molecule has 1 aromatic heterocycles. The number of hydrogen-bond acceptors (Lipinski definition) is 4. The second-order valence-electron chi connectivity index (χ2n) is 4.20. The number of H-pyrrole nitrogens is 1. The van der Waals surface area contributed by atoms with E-state index >= 15 is 0 Å². The predicted molar refractivity (Wildman–Crippen MR) is 71.9 cm³/mol. The number of nitrogens with one attached hydrogen (secondary N) is 2. The Balaban J connectivity index is 2.12. The summed E-state index contributed by atoms with van der Waals surface area (Å²) in [4.78, 5) is 12.1. The largest absolute Gasteiger partial charge is 0.496 e. The Kier molecular flexibility index (Phi) is 3.70. The Labute approximate surface area is 111 Å². The number of carbonyl (C=O) groups excluding carboxylic acids is 1. The summed E-state index contributed by atoms with van der Waals surface area (Å²) in [5.74, 6) is 0.793. The first-order valence-electron chi connectivity index (χ1n) is 5.82. The Bertz CT molecular complexity index is 592. The molecule has 1 aromatic carbocycles. The van der Waals surface area contributed by atoms with Crippen LogP contribution >= 0.6 is 0 Å². The van der Waals surface area contributed by atoms with Crippen LogP contribution in [0.4, 0.5) is 5.82 Å². The van der Waals surface area contributed by atoms with E-state index in [0.29, 0.717) is 23.7 Å². The van der Waals surface area contributed by atoms with Crippen molar-refractivity contribution in [3.8, 4) is 5.75 Å². The number of amides is 1. The van der Waals surface area contributed by atoms with Gasteiger partial charge in [0.25, 0.3) is 5.91 Å². The molecule has 0 saturated heterocycles. The van der Waals surface area contributed by atoms with Gasteiger partial charge in [0, 0.05) is 12.1 Å². The zero-order chi connectivity index (χ0) is 13.8. The van der Waals surface area contributed by atoms with Crippen molar-refractivity contribution >= 4 is 11.7 Å². The van der Waals surface area contributed by atoms with Gasteiger partial charge in [0.05, 0.1) is 18.9 Å². The Morgan fingerprint density at radius 2 is 2.32 bits per heavy atom. The number of hydrogen-bond donors (Lipinski definition) is 3. The lowest BCUT2D eigenvalue weighted by Crippen LogP contribution is -2.23. The number of nitrogen functional groups attached to an aromatic ring is 1. The molecule has 0 bridgehead atoms. The van der Waals surface area contributed by atoms with Crippen LogP contribution < -0.4 is 15.8 Å². The van der Waals surface area contributed by atoms with Gasteiger partial charge >= 0.3 is 0 Å². The molecule has 0 atom stereocenters. The third kappa shape index (κ3) is 2.85. The summed E-state index contributed by atoms with van der Waals surface area (Å²) >= 11 is 0. The normalized spacial score (nSPS) is 10.2. The lowest BCUT2D eigenvalue weighted by molar-refractivity contribution is 0.0948. The fourth-order valence-electron chi connectivity index (χ4n) is 1.73. The van der Waals surface area contributed by atoms with Gasteiger partial charge in [-0.25, -0.2) is 0 Å². The highest BCUT2D eigenvalue weighted by Gasteiger charge is 2.12. The second kappa shape index (κ2) is 5.43. The van der Waals surface area contributed by atoms with E-state index in [1.807, 2.05) is 13.0 Å². The molecule has 6 heteroatoms. The molecular formula is C13H16N4O2. The Morgan fingerprint density at radius 3 is 2.95 bits per heavy atom. The van der Waals surface area contributed by atoms with Crippen LogP contribution in [0.15, 0.2) is 24.4 Å². The van der Waals surface area contributed by atoms with E-state index in [0.717, 1.165) is 11.1 Å². The standard InChI is InChI=1S/C13H16N4O2/c1-8-3-4-11(19-2)10(5-8)13(18)15-6-9-7-16-17-12(9)14/h3-5,7H,6H2,1-2H3,(H,15,18)(H3,14,16,17). The molecule has 0 aliphatic rings. The van der Waals surface area contributed by atoms with Gasteiger partial charge in [-0.3, -0.25) is 9.89 Å². The van der Waals surface area contributed by atoms with Crippen LogP contribution in [0.25, 0.3) is 0 Å². The molecule has 1 amide bonds. The molecule has 0 saturated carbocycles. The maximum Gasteiger partial charge on any atom is 0.255 e. The van der Waals surface area contributed by atoms with E-state index in [4.69, 9.17) is 10.5 Å². The van der Waals surface area contributed by atoms with Crippen molar-refractivity contribution in [3.63, 3.8) is 0 Å². The topological polar surface area (TPSA) is 93.0 Å². The van der Waals surface area contributed by atoms with Gasteiger partial charge in [0.15, 0.2) is 0 Å². The number of carbonyl (C=O) groups is 1. The highest BCUT2D eigenvalue weighted by molar-refractivity contribution is 5.97. The molecule has 2 rings (SSSR count). The minimum absolute atomic E-state index is 0.207. The number of nitrogens with two attached hydrogens (primary N) is 1. The van der Waals surface area contributed by atoms with Crippen molar-refractivity contribution in [2.24, 2.45) is 0 Å². The van der Waals surface area contributed by atoms with Crippen LogP contribution in [-0.2, 0) is 6.54 Å². The maximum absolute atomic E-state index is 12.1. The van der Waals surface area contributed by atoms with Crippen LogP contribution in [0, 0.1) is 6.92 Å². The molecule has 100 valence electrons. The molecular weight excluding hydrogens is 244 g/mol. The van der Waals surface area contributed by atoms with Crippen LogP contribution in [0.5, 0.6) is 5.75 Å². The van der Waals surface area contributed by atoms with E-state index in [-0.39, 0.29) is 5.91 Å². The van der Waals surface area contributed by atoms with Crippen molar-refractivity contribution in [2.45, 2.75) is 13.5 Å². The first kappa shape index (κ1) is 12.9. The molecule has 6 nitrogen and oxygen atoms in total. The molecule has 0 fully saturated rings. The van der Waals surface area contributed by atoms with Crippen molar-refractivity contribution in [1.29, 1.82) is 0 Å². The van der Waals surface area contributed by atoms with Crippen LogP contribution in [0.3, 0.4) is 0 Å². The minimum Gasteiger partial charge on any atom is -0.496 e. The molecule has 0 aliphatic carbocycles. The highest BCUT2D eigenvalue weighted by Crippen LogP contribution is 2.19. The molecule has 19 heavy (non-hydrogen) atoms. The summed E-state index contributed by atoms with van der Waals surface area (Å²) in [7, 11) is 1.54. The molecule has 2 aromatic rings. The summed E-state index contributed by atoms with van der Waals surface area (Å²) in [6.45, 7) is 2.24. The van der Waals surface area contributed by atoms with E-state index in [1.54, 1.807) is 18.3 Å². The Hall–Kier alpha value is -2.50. The van der Waals surface area contributed by atoms with Gasteiger partial charge in [-0.2, -0.15) is 5.10 Å². The minimum atomic E-state index is -0.207. The molecule has 0 radical (unpaired) electrons.